The molecule has 4 heteroatoms. The van der Waals surface area contributed by atoms with E-state index in [1.54, 1.807) is 30.7 Å². The van der Waals surface area contributed by atoms with E-state index in [0.717, 1.165) is 12.8 Å². The first kappa shape index (κ1) is 14.7. The molecule has 4 nitrogen and oxygen atoms in total. The molecule has 0 bridgehead atoms. The number of carbonyl (C=O) groups is 1. The molecule has 1 aliphatic rings. The Morgan fingerprint density at radius 3 is 2.54 bits per heavy atom. The Morgan fingerprint density at radius 2 is 1.88 bits per heavy atom. The number of furan rings is 1. The van der Waals surface area contributed by atoms with Crippen LogP contribution in [0.3, 0.4) is 0 Å². The van der Waals surface area contributed by atoms with E-state index < -0.39 is 0 Å². The Balaban J connectivity index is 1.54. The first-order valence-corrected chi connectivity index (χ1v) is 8.02. The average molecular weight is 318 g/mol. The molecular formula is C20H18N2O2. The van der Waals surface area contributed by atoms with Crippen molar-refractivity contribution in [2.75, 3.05) is 0 Å². The molecule has 24 heavy (non-hydrogen) atoms. The van der Waals surface area contributed by atoms with Crippen molar-refractivity contribution in [2.24, 2.45) is 0 Å². The van der Waals surface area contributed by atoms with E-state index >= 15 is 0 Å². The molecule has 1 aliphatic carbocycles. The highest BCUT2D eigenvalue weighted by Crippen LogP contribution is 2.30. The first-order valence-electron chi connectivity index (χ1n) is 8.02. The lowest BCUT2D eigenvalue weighted by molar-refractivity contribution is 0.0909. The molecular weight excluding hydrogens is 300 g/mol. The van der Waals surface area contributed by atoms with Crippen molar-refractivity contribution in [2.45, 2.75) is 25.3 Å². The highest BCUT2D eigenvalue weighted by molar-refractivity contribution is 5.95. The zero-order chi connectivity index (χ0) is 16.6. The fraction of sp³-hybridized carbons (Fsp3) is 0.200. The van der Waals surface area contributed by atoms with Gasteiger partial charge in [-0.05, 0) is 55.2 Å². The van der Waals surface area contributed by atoms with Crippen LogP contribution in [0.2, 0.25) is 0 Å². The van der Waals surface area contributed by atoms with Crippen LogP contribution in [-0.2, 0) is 12.8 Å². The molecule has 120 valence electrons. The number of fused-ring (bicyclic) bond motifs is 1. The molecule has 0 radical (unpaired) electrons. The fourth-order valence-corrected chi connectivity index (χ4v) is 3.37. The quantitative estimate of drug-likeness (QED) is 0.802. The number of rotatable bonds is 3. The molecule has 1 aromatic carbocycles. The van der Waals surface area contributed by atoms with Crippen LogP contribution in [0.25, 0.3) is 11.5 Å². The smallest absolute Gasteiger partial charge is 0.251 e. The third-order valence-corrected chi connectivity index (χ3v) is 4.49. The monoisotopic (exact) mass is 318 g/mol. The van der Waals surface area contributed by atoms with Crippen LogP contribution in [0.1, 0.15) is 28.4 Å². The van der Waals surface area contributed by atoms with Crippen molar-refractivity contribution in [3.63, 3.8) is 0 Å². The number of pyridine rings is 1. The SMILES string of the molecule is CC1(NC(=O)c2ccnc(-c3ccco3)c2)Cc2ccccc2C1. The zero-order valence-corrected chi connectivity index (χ0v) is 13.5. The van der Waals surface area contributed by atoms with Gasteiger partial charge in [0.05, 0.1) is 6.26 Å². The number of hydrogen-bond donors (Lipinski definition) is 1. The van der Waals surface area contributed by atoms with Gasteiger partial charge in [-0.15, -0.1) is 0 Å². The number of nitrogens with one attached hydrogen (secondary N) is 1. The Kier molecular flexibility index (Phi) is 3.45. The lowest BCUT2D eigenvalue weighted by Gasteiger charge is -2.25. The molecule has 4 rings (SSSR count). The minimum Gasteiger partial charge on any atom is -0.463 e. The van der Waals surface area contributed by atoms with Crippen LogP contribution in [0.15, 0.2) is 65.4 Å². The summed E-state index contributed by atoms with van der Waals surface area (Å²) < 4.78 is 5.36. The zero-order valence-electron chi connectivity index (χ0n) is 13.5. The molecule has 0 fully saturated rings. The number of hydrogen-bond acceptors (Lipinski definition) is 3. The third-order valence-electron chi connectivity index (χ3n) is 4.49. The summed E-state index contributed by atoms with van der Waals surface area (Å²) >= 11 is 0. The van der Waals surface area contributed by atoms with E-state index in [1.807, 2.05) is 18.2 Å². The molecule has 3 aromatic rings. The van der Waals surface area contributed by atoms with Gasteiger partial charge in [0.25, 0.3) is 5.91 Å². The number of aromatic nitrogens is 1. The van der Waals surface area contributed by atoms with Gasteiger partial charge >= 0.3 is 0 Å². The minimum absolute atomic E-state index is 0.0829. The van der Waals surface area contributed by atoms with Crippen molar-refractivity contribution in [3.8, 4) is 11.5 Å². The first-order chi connectivity index (χ1) is 11.6. The van der Waals surface area contributed by atoms with Crippen LogP contribution in [-0.4, -0.2) is 16.4 Å². The Bertz CT molecular complexity index is 859. The molecule has 0 saturated carbocycles. The summed E-state index contributed by atoms with van der Waals surface area (Å²) in [5.41, 5.74) is 3.62. The second kappa shape index (κ2) is 5.64. The topological polar surface area (TPSA) is 55.1 Å². The normalized spacial score (nSPS) is 15.0. The lowest BCUT2D eigenvalue weighted by atomic mass is 9.98. The highest BCUT2D eigenvalue weighted by atomic mass is 16.3. The molecule has 0 unspecified atom stereocenters. The molecule has 2 heterocycles. The summed E-state index contributed by atoms with van der Waals surface area (Å²) in [5, 5.41) is 3.19. The highest BCUT2D eigenvalue weighted by Gasteiger charge is 2.34. The molecule has 0 spiro atoms. The maximum atomic E-state index is 12.7. The molecule has 1 N–H and O–H groups in total. The van der Waals surface area contributed by atoms with Crippen molar-refractivity contribution < 1.29 is 9.21 Å². The largest absolute Gasteiger partial charge is 0.463 e. The Hall–Kier alpha value is -2.88. The molecule has 1 amide bonds. The second-order valence-electron chi connectivity index (χ2n) is 6.54. The van der Waals surface area contributed by atoms with Gasteiger partial charge in [-0.1, -0.05) is 24.3 Å². The number of carbonyl (C=O) groups excluding carboxylic acids is 1. The van der Waals surface area contributed by atoms with Crippen molar-refractivity contribution >= 4 is 5.91 Å². The van der Waals surface area contributed by atoms with Crippen LogP contribution < -0.4 is 5.32 Å². The summed E-state index contributed by atoms with van der Waals surface area (Å²) in [6, 6.07) is 15.5. The van der Waals surface area contributed by atoms with Gasteiger partial charge < -0.3 is 9.73 Å². The molecule has 0 aliphatic heterocycles. The second-order valence-corrected chi connectivity index (χ2v) is 6.54. The summed E-state index contributed by atoms with van der Waals surface area (Å²) in [4.78, 5) is 17.0. The van der Waals surface area contributed by atoms with Gasteiger partial charge in [0.15, 0.2) is 5.76 Å². The molecule has 0 atom stereocenters. The van der Waals surface area contributed by atoms with Gasteiger partial charge in [0, 0.05) is 17.3 Å². The number of nitrogens with zero attached hydrogens (tertiary/aromatic N) is 1. The van der Waals surface area contributed by atoms with Crippen molar-refractivity contribution in [1.29, 1.82) is 0 Å². The summed E-state index contributed by atoms with van der Waals surface area (Å²) in [7, 11) is 0. The maximum absolute atomic E-state index is 12.7. The minimum atomic E-state index is -0.255. The van der Waals surface area contributed by atoms with Gasteiger partial charge in [0.2, 0.25) is 0 Å². The fourth-order valence-electron chi connectivity index (χ4n) is 3.37. The standard InChI is InChI=1S/C20H18N2O2/c1-20(12-15-5-2-3-6-16(15)13-20)22-19(23)14-8-9-21-17(11-14)18-7-4-10-24-18/h2-11H,12-13H2,1H3,(H,22,23). The maximum Gasteiger partial charge on any atom is 0.251 e. The number of benzene rings is 1. The predicted octanol–water partition coefficient (Wildman–Crippen LogP) is 3.63. The van der Waals surface area contributed by atoms with Crippen molar-refractivity contribution in [3.05, 3.63) is 77.7 Å². The van der Waals surface area contributed by atoms with Crippen LogP contribution in [0.5, 0.6) is 0 Å². The Morgan fingerprint density at radius 1 is 1.12 bits per heavy atom. The van der Waals surface area contributed by atoms with Crippen LogP contribution in [0, 0.1) is 0 Å². The Labute approximate surface area is 140 Å². The third kappa shape index (κ3) is 2.71. The van der Waals surface area contributed by atoms with E-state index in [-0.39, 0.29) is 11.4 Å². The van der Waals surface area contributed by atoms with Crippen molar-refractivity contribution in [1.82, 2.24) is 10.3 Å². The van der Waals surface area contributed by atoms with Crippen LogP contribution in [0.4, 0.5) is 0 Å². The molecule has 2 aromatic heterocycles. The van der Waals surface area contributed by atoms with Gasteiger partial charge in [-0.3, -0.25) is 9.78 Å². The van der Waals surface area contributed by atoms with Gasteiger partial charge in [-0.2, -0.15) is 0 Å². The lowest BCUT2D eigenvalue weighted by Crippen LogP contribution is -2.46. The number of amides is 1. The van der Waals surface area contributed by atoms with Gasteiger partial charge in [0.1, 0.15) is 5.69 Å². The van der Waals surface area contributed by atoms with E-state index in [1.165, 1.54) is 11.1 Å². The summed E-state index contributed by atoms with van der Waals surface area (Å²) in [6.45, 7) is 2.10. The van der Waals surface area contributed by atoms with Gasteiger partial charge in [-0.25, -0.2) is 0 Å². The van der Waals surface area contributed by atoms with E-state index in [9.17, 15) is 4.79 Å². The summed E-state index contributed by atoms with van der Waals surface area (Å²) in [6.07, 6.45) is 4.94. The van der Waals surface area contributed by atoms with E-state index in [4.69, 9.17) is 4.42 Å². The van der Waals surface area contributed by atoms with Crippen LogP contribution >= 0.6 is 0 Å². The molecule has 0 saturated heterocycles. The summed E-state index contributed by atoms with van der Waals surface area (Å²) in [5.74, 6) is 0.574. The predicted molar refractivity (Wildman–Crippen MR) is 91.7 cm³/mol. The van der Waals surface area contributed by atoms with E-state index in [0.29, 0.717) is 17.0 Å². The average Bonchev–Trinajstić information content (AvgIpc) is 3.21. The van der Waals surface area contributed by atoms with E-state index in [2.05, 4.69) is 29.4 Å².